The van der Waals surface area contributed by atoms with E-state index in [1.165, 1.54) is 7.05 Å². The van der Waals surface area contributed by atoms with Crippen molar-refractivity contribution in [2.75, 3.05) is 13.6 Å². The van der Waals surface area contributed by atoms with Crippen molar-refractivity contribution in [3.8, 4) is 0 Å². The van der Waals surface area contributed by atoms with Crippen LogP contribution in [0.4, 0.5) is 4.79 Å². The summed E-state index contributed by atoms with van der Waals surface area (Å²) < 4.78 is 0. The van der Waals surface area contributed by atoms with Crippen molar-refractivity contribution in [1.29, 1.82) is 0 Å². The van der Waals surface area contributed by atoms with Gasteiger partial charge in [-0.3, -0.25) is 4.79 Å². The Labute approximate surface area is 78.3 Å². The summed E-state index contributed by atoms with van der Waals surface area (Å²) in [6.45, 7) is 4.15. The van der Waals surface area contributed by atoms with E-state index in [4.69, 9.17) is 0 Å². The topological polar surface area (TPSA) is 70.2 Å². The second-order valence-electron chi connectivity index (χ2n) is 2.98. The fourth-order valence-corrected chi connectivity index (χ4v) is 0.772. The second-order valence-corrected chi connectivity index (χ2v) is 2.98. The van der Waals surface area contributed by atoms with Crippen LogP contribution in [0.15, 0.2) is 0 Å². The number of rotatable bonds is 4. The molecule has 0 radical (unpaired) electrons. The first kappa shape index (κ1) is 11.7. The first-order valence-electron chi connectivity index (χ1n) is 4.31. The van der Waals surface area contributed by atoms with Crippen LogP contribution in [-0.4, -0.2) is 31.6 Å². The molecular formula is C8H17N3O2. The summed E-state index contributed by atoms with van der Waals surface area (Å²) in [5.41, 5.74) is 0. The molecule has 0 saturated carbocycles. The lowest BCUT2D eigenvalue weighted by molar-refractivity contribution is -0.121. The van der Waals surface area contributed by atoms with E-state index in [2.05, 4.69) is 16.0 Å². The number of hydrogen-bond acceptors (Lipinski definition) is 2. The van der Waals surface area contributed by atoms with Crippen molar-refractivity contribution < 1.29 is 9.59 Å². The molecule has 0 unspecified atom stereocenters. The highest BCUT2D eigenvalue weighted by Gasteiger charge is 2.03. The summed E-state index contributed by atoms with van der Waals surface area (Å²) >= 11 is 0. The predicted octanol–water partition coefficient (Wildman–Crippen LogP) is -0.170. The van der Waals surface area contributed by atoms with Gasteiger partial charge in [0, 0.05) is 26.1 Å². The molecule has 0 bridgehead atoms. The van der Waals surface area contributed by atoms with Crippen molar-refractivity contribution in [2.45, 2.75) is 26.3 Å². The number of carbonyl (C=O) groups excluding carboxylic acids is 2. The molecule has 0 heterocycles. The molecule has 13 heavy (non-hydrogen) atoms. The lowest BCUT2D eigenvalue weighted by Gasteiger charge is -2.08. The first-order chi connectivity index (χ1) is 6.06. The molecule has 5 heteroatoms. The van der Waals surface area contributed by atoms with Gasteiger partial charge in [0.05, 0.1) is 0 Å². The van der Waals surface area contributed by atoms with E-state index in [0.717, 1.165) is 0 Å². The maximum Gasteiger partial charge on any atom is 0.314 e. The van der Waals surface area contributed by atoms with Crippen molar-refractivity contribution in [1.82, 2.24) is 16.0 Å². The molecule has 5 nitrogen and oxygen atoms in total. The Morgan fingerprint density at radius 1 is 1.31 bits per heavy atom. The van der Waals surface area contributed by atoms with Gasteiger partial charge in [-0.05, 0) is 13.8 Å². The van der Waals surface area contributed by atoms with Crippen molar-refractivity contribution in [3.63, 3.8) is 0 Å². The van der Waals surface area contributed by atoms with E-state index in [-0.39, 0.29) is 18.0 Å². The van der Waals surface area contributed by atoms with Crippen LogP contribution < -0.4 is 16.0 Å². The highest BCUT2D eigenvalue weighted by atomic mass is 16.2. The maximum absolute atomic E-state index is 11.0. The van der Waals surface area contributed by atoms with Gasteiger partial charge in [0.25, 0.3) is 0 Å². The minimum absolute atomic E-state index is 0.0496. The zero-order chi connectivity index (χ0) is 10.3. The van der Waals surface area contributed by atoms with Crippen LogP contribution in [0.5, 0.6) is 0 Å². The average molecular weight is 187 g/mol. The molecular weight excluding hydrogens is 170 g/mol. The van der Waals surface area contributed by atoms with E-state index >= 15 is 0 Å². The maximum atomic E-state index is 11.0. The summed E-state index contributed by atoms with van der Waals surface area (Å²) in [5.74, 6) is -0.0496. The molecule has 3 N–H and O–H groups in total. The quantitative estimate of drug-likeness (QED) is 0.572. The Bertz CT molecular complexity index is 180. The molecule has 0 spiro atoms. The summed E-state index contributed by atoms with van der Waals surface area (Å²) in [4.78, 5) is 21.7. The summed E-state index contributed by atoms with van der Waals surface area (Å²) in [6, 6.07) is -0.121. The van der Waals surface area contributed by atoms with E-state index < -0.39 is 0 Å². The van der Waals surface area contributed by atoms with Gasteiger partial charge < -0.3 is 16.0 Å². The molecule has 0 atom stereocenters. The molecule has 0 aliphatic carbocycles. The van der Waals surface area contributed by atoms with Gasteiger partial charge in [-0.2, -0.15) is 0 Å². The largest absolute Gasteiger partial charge is 0.354 e. The van der Waals surface area contributed by atoms with Gasteiger partial charge in [0.15, 0.2) is 0 Å². The fourth-order valence-electron chi connectivity index (χ4n) is 0.772. The number of urea groups is 1. The standard InChI is InChI=1S/C8H17N3O2/c1-6(2)11-7(12)4-5-10-8(13)9-3/h6H,4-5H2,1-3H3,(H,11,12)(H2,9,10,13). The summed E-state index contributed by atoms with van der Waals surface area (Å²) in [6.07, 6.45) is 0.311. The third-order valence-corrected chi connectivity index (χ3v) is 1.31. The molecule has 0 aromatic carbocycles. The average Bonchev–Trinajstić information content (AvgIpc) is 2.02. The first-order valence-corrected chi connectivity index (χ1v) is 4.31. The molecule has 0 aromatic heterocycles. The molecule has 0 rings (SSSR count). The Hall–Kier alpha value is -1.26. The van der Waals surface area contributed by atoms with Crippen LogP contribution in [-0.2, 0) is 4.79 Å². The normalized spacial score (nSPS) is 9.54. The monoisotopic (exact) mass is 187 g/mol. The molecule has 0 aliphatic heterocycles. The van der Waals surface area contributed by atoms with Gasteiger partial charge in [-0.25, -0.2) is 4.79 Å². The zero-order valence-electron chi connectivity index (χ0n) is 8.31. The van der Waals surface area contributed by atoms with Gasteiger partial charge in [0.2, 0.25) is 5.91 Å². The van der Waals surface area contributed by atoms with Gasteiger partial charge in [0.1, 0.15) is 0 Å². The Morgan fingerprint density at radius 3 is 2.38 bits per heavy atom. The van der Waals surface area contributed by atoms with Gasteiger partial charge >= 0.3 is 6.03 Å². The second kappa shape index (κ2) is 6.28. The number of nitrogens with one attached hydrogen (secondary N) is 3. The van der Waals surface area contributed by atoms with Gasteiger partial charge in [-0.1, -0.05) is 0 Å². The highest BCUT2D eigenvalue weighted by Crippen LogP contribution is 1.81. The van der Waals surface area contributed by atoms with Crippen LogP contribution in [0.1, 0.15) is 20.3 Å². The Balaban J connectivity index is 3.42. The molecule has 76 valence electrons. The van der Waals surface area contributed by atoms with Crippen molar-refractivity contribution in [2.24, 2.45) is 0 Å². The third-order valence-electron chi connectivity index (χ3n) is 1.31. The summed E-state index contributed by atoms with van der Waals surface area (Å²) in [5, 5.41) is 7.65. The van der Waals surface area contributed by atoms with E-state index in [0.29, 0.717) is 13.0 Å². The summed E-state index contributed by atoms with van der Waals surface area (Å²) in [7, 11) is 1.53. The van der Waals surface area contributed by atoms with Crippen molar-refractivity contribution in [3.05, 3.63) is 0 Å². The highest BCUT2D eigenvalue weighted by molar-refractivity contribution is 5.78. The lowest BCUT2D eigenvalue weighted by atomic mass is 10.3. The third kappa shape index (κ3) is 7.11. The van der Waals surface area contributed by atoms with E-state index in [1.807, 2.05) is 13.8 Å². The molecule has 3 amide bonds. The minimum atomic E-state index is -0.266. The van der Waals surface area contributed by atoms with E-state index in [1.54, 1.807) is 0 Å². The Morgan fingerprint density at radius 2 is 1.92 bits per heavy atom. The fraction of sp³-hybridized carbons (Fsp3) is 0.750. The van der Waals surface area contributed by atoms with Gasteiger partial charge in [-0.15, -0.1) is 0 Å². The molecule has 0 aromatic rings. The minimum Gasteiger partial charge on any atom is -0.354 e. The van der Waals surface area contributed by atoms with Crippen LogP contribution in [0, 0.1) is 0 Å². The zero-order valence-corrected chi connectivity index (χ0v) is 8.31. The van der Waals surface area contributed by atoms with Crippen LogP contribution in [0.25, 0.3) is 0 Å². The SMILES string of the molecule is CNC(=O)NCCC(=O)NC(C)C. The number of hydrogen-bond donors (Lipinski definition) is 3. The van der Waals surface area contributed by atoms with Crippen LogP contribution in [0.3, 0.4) is 0 Å². The predicted molar refractivity (Wildman–Crippen MR) is 50.4 cm³/mol. The molecule has 0 saturated heterocycles. The van der Waals surface area contributed by atoms with E-state index in [9.17, 15) is 9.59 Å². The smallest absolute Gasteiger partial charge is 0.314 e. The van der Waals surface area contributed by atoms with Crippen LogP contribution >= 0.6 is 0 Å². The lowest BCUT2D eigenvalue weighted by Crippen LogP contribution is -2.37. The van der Waals surface area contributed by atoms with Crippen molar-refractivity contribution >= 4 is 11.9 Å². The number of carbonyl (C=O) groups is 2. The van der Waals surface area contributed by atoms with Crippen LogP contribution in [0.2, 0.25) is 0 Å². The Kier molecular flexibility index (Phi) is 5.67. The molecule has 0 fully saturated rings. The number of amides is 3. The molecule has 0 aliphatic rings.